The Kier molecular flexibility index (Phi) is 6.19. The van der Waals surface area contributed by atoms with E-state index in [4.69, 9.17) is 21.7 Å². The first-order chi connectivity index (χ1) is 16.9. The van der Waals surface area contributed by atoms with Crippen molar-refractivity contribution in [1.82, 2.24) is 4.57 Å². The number of rotatable bonds is 4. The van der Waals surface area contributed by atoms with Gasteiger partial charge in [-0.05, 0) is 28.8 Å². The Bertz CT molecular complexity index is 1380. The second-order valence-corrected chi connectivity index (χ2v) is 9.03. The van der Waals surface area contributed by atoms with Crippen molar-refractivity contribution in [2.75, 3.05) is 13.7 Å². The molecule has 0 unspecified atom stereocenters. The minimum atomic E-state index is -1.58. The van der Waals surface area contributed by atoms with Crippen molar-refractivity contribution in [1.29, 1.82) is 5.26 Å². The zero-order valence-corrected chi connectivity index (χ0v) is 19.6. The largest absolute Gasteiger partial charge is 0.497 e. The molecule has 0 bridgehead atoms. The molecule has 3 aromatic rings. The van der Waals surface area contributed by atoms with E-state index in [2.05, 4.69) is 6.07 Å². The normalized spacial score (nSPS) is 25.0. The molecular formula is C26H24N2O6S. The van der Waals surface area contributed by atoms with Crippen LogP contribution in [0.3, 0.4) is 0 Å². The predicted molar refractivity (Wildman–Crippen MR) is 129 cm³/mol. The molecule has 8 nitrogen and oxygen atoms in total. The predicted octanol–water partition coefficient (Wildman–Crippen LogP) is 2.31. The topological polar surface area (TPSA) is 128 Å². The van der Waals surface area contributed by atoms with Gasteiger partial charge in [0.15, 0.2) is 6.23 Å². The van der Waals surface area contributed by atoms with E-state index in [9.17, 15) is 25.7 Å². The lowest BCUT2D eigenvalue weighted by molar-refractivity contribution is -0.251. The minimum absolute atomic E-state index is 0.123. The molecule has 9 heteroatoms. The molecule has 0 spiro atoms. The molecule has 4 N–H and O–H groups in total. The lowest BCUT2D eigenvalue weighted by atomic mass is 9.93. The zero-order valence-electron chi connectivity index (χ0n) is 18.8. The first-order valence-electron chi connectivity index (χ1n) is 11.2. The van der Waals surface area contributed by atoms with Crippen molar-refractivity contribution < 1.29 is 29.9 Å². The lowest BCUT2D eigenvalue weighted by Crippen LogP contribution is -2.56. The van der Waals surface area contributed by atoms with Gasteiger partial charge in [-0.3, -0.25) is 0 Å². The third-order valence-corrected chi connectivity index (χ3v) is 7.16. The van der Waals surface area contributed by atoms with E-state index in [1.165, 1.54) is 0 Å². The number of ether oxygens (including phenoxy) is 2. The molecule has 2 aromatic carbocycles. The smallest absolute Gasteiger partial charge is 0.164 e. The molecule has 180 valence electrons. The van der Waals surface area contributed by atoms with Crippen LogP contribution in [-0.4, -0.2) is 63.1 Å². The molecule has 5 rings (SSSR count). The molecule has 1 saturated heterocycles. The van der Waals surface area contributed by atoms with Crippen LogP contribution in [0.4, 0.5) is 0 Å². The van der Waals surface area contributed by atoms with Crippen LogP contribution in [0.15, 0.2) is 48.5 Å². The molecule has 35 heavy (non-hydrogen) atoms. The Morgan fingerprint density at radius 1 is 1.09 bits per heavy atom. The number of benzene rings is 2. The van der Waals surface area contributed by atoms with E-state index < -0.39 is 37.3 Å². The Balaban J connectivity index is 1.81. The van der Waals surface area contributed by atoms with E-state index >= 15 is 0 Å². The van der Waals surface area contributed by atoms with Gasteiger partial charge in [-0.15, -0.1) is 0 Å². The van der Waals surface area contributed by atoms with Crippen molar-refractivity contribution in [2.45, 2.75) is 37.1 Å². The quantitative estimate of drug-likeness (QED) is 0.320. The maximum Gasteiger partial charge on any atom is 0.164 e. The summed E-state index contributed by atoms with van der Waals surface area (Å²) in [4.78, 5) is 0. The van der Waals surface area contributed by atoms with E-state index in [0.717, 1.165) is 22.3 Å². The van der Waals surface area contributed by atoms with Crippen molar-refractivity contribution in [3.8, 4) is 34.2 Å². The Labute approximate surface area is 206 Å². The third kappa shape index (κ3) is 3.67. The van der Waals surface area contributed by atoms with Gasteiger partial charge in [0.1, 0.15) is 40.9 Å². The van der Waals surface area contributed by atoms with Gasteiger partial charge >= 0.3 is 0 Å². The fourth-order valence-electron chi connectivity index (χ4n) is 5.02. The summed E-state index contributed by atoms with van der Waals surface area (Å²) < 4.78 is 12.8. The first kappa shape index (κ1) is 23.6. The number of hydrogen-bond donors (Lipinski definition) is 4. The molecular weight excluding hydrogens is 468 g/mol. The van der Waals surface area contributed by atoms with Gasteiger partial charge in [0, 0.05) is 17.5 Å². The number of aliphatic hydroxyl groups is 4. The van der Waals surface area contributed by atoms with Gasteiger partial charge < -0.3 is 34.5 Å². The van der Waals surface area contributed by atoms with Crippen LogP contribution in [0.25, 0.3) is 22.4 Å². The highest BCUT2D eigenvalue weighted by Gasteiger charge is 2.46. The molecule has 0 radical (unpaired) electrons. The molecule has 2 aliphatic rings. The van der Waals surface area contributed by atoms with Gasteiger partial charge in [0.05, 0.1) is 25.0 Å². The van der Waals surface area contributed by atoms with Crippen molar-refractivity contribution >= 4 is 12.2 Å². The van der Waals surface area contributed by atoms with Crippen LogP contribution in [0, 0.1) is 16.0 Å². The summed E-state index contributed by atoms with van der Waals surface area (Å²) in [6, 6.07) is 17.3. The van der Waals surface area contributed by atoms with Crippen molar-refractivity contribution in [3.63, 3.8) is 0 Å². The van der Waals surface area contributed by atoms with E-state index in [-0.39, 0.29) is 10.2 Å². The number of aliphatic hydroxyl groups excluding tert-OH is 4. The Morgan fingerprint density at radius 2 is 1.80 bits per heavy atom. The number of nitrogens with zero attached hydrogens (tertiary/aromatic N) is 2. The molecule has 0 saturated carbocycles. The van der Waals surface area contributed by atoms with E-state index in [1.807, 2.05) is 48.5 Å². The van der Waals surface area contributed by atoms with Crippen LogP contribution in [-0.2, 0) is 11.2 Å². The average molecular weight is 493 g/mol. The summed E-state index contributed by atoms with van der Waals surface area (Å²) in [7, 11) is 1.58. The molecule has 1 aliphatic carbocycles. The molecule has 1 aromatic heterocycles. The standard InChI is InChI=1S/C26H24N2O6S/c1-33-15-8-6-13(7-9-15)20-17-10-14-4-2-3-5-16(14)21(17)28(26(35)18(20)11-27)25-24(32)23(31)22(30)19(12-29)34-25/h2-9,19,22-25,29-32H,10,12H2,1H3/t19-,22+,23-,24-,25-/m1/s1. The summed E-state index contributed by atoms with van der Waals surface area (Å²) in [5.74, 6) is 0.679. The molecule has 2 heterocycles. The number of nitriles is 1. The lowest BCUT2D eigenvalue weighted by Gasteiger charge is -2.41. The first-order valence-corrected chi connectivity index (χ1v) is 11.6. The van der Waals surface area contributed by atoms with Crippen LogP contribution >= 0.6 is 12.2 Å². The Morgan fingerprint density at radius 3 is 2.46 bits per heavy atom. The number of fused-ring (bicyclic) bond motifs is 3. The second-order valence-electron chi connectivity index (χ2n) is 8.65. The fraction of sp³-hybridized carbons (Fsp3) is 0.308. The summed E-state index contributed by atoms with van der Waals surface area (Å²) in [5.41, 5.74) is 5.09. The summed E-state index contributed by atoms with van der Waals surface area (Å²) in [6.07, 6.45) is -6.44. The number of aromatic nitrogens is 1. The average Bonchev–Trinajstić information content (AvgIpc) is 3.26. The summed E-state index contributed by atoms with van der Waals surface area (Å²) >= 11 is 5.79. The summed E-state index contributed by atoms with van der Waals surface area (Å²) in [5, 5.41) is 51.6. The van der Waals surface area contributed by atoms with Gasteiger partial charge in [-0.25, -0.2) is 0 Å². The molecule has 1 fully saturated rings. The molecule has 0 amide bonds. The van der Waals surface area contributed by atoms with Crippen LogP contribution < -0.4 is 4.74 Å². The van der Waals surface area contributed by atoms with Gasteiger partial charge in [-0.1, -0.05) is 48.6 Å². The highest BCUT2D eigenvalue weighted by atomic mass is 32.1. The highest BCUT2D eigenvalue weighted by molar-refractivity contribution is 7.71. The second kappa shape index (κ2) is 9.17. The van der Waals surface area contributed by atoms with Crippen LogP contribution in [0.1, 0.15) is 22.9 Å². The van der Waals surface area contributed by atoms with E-state index in [0.29, 0.717) is 23.4 Å². The van der Waals surface area contributed by atoms with Crippen molar-refractivity contribution in [3.05, 3.63) is 69.9 Å². The Hall–Kier alpha value is -3.10. The monoisotopic (exact) mass is 492 g/mol. The van der Waals surface area contributed by atoms with E-state index in [1.54, 1.807) is 11.7 Å². The maximum absolute atomic E-state index is 10.9. The SMILES string of the molecule is COc1ccc(-c2c3c(n([C@@H]4O[C@H](CO)[C@H](O)[C@@H](O)[C@H]4O)c(=S)c2C#N)-c2ccccc2C3)cc1. The van der Waals surface area contributed by atoms with Crippen LogP contribution in [0.2, 0.25) is 0 Å². The van der Waals surface area contributed by atoms with Gasteiger partial charge in [-0.2, -0.15) is 5.26 Å². The number of hydrogen-bond acceptors (Lipinski definition) is 8. The molecule has 5 atom stereocenters. The van der Waals surface area contributed by atoms with Gasteiger partial charge in [0.2, 0.25) is 0 Å². The summed E-state index contributed by atoms with van der Waals surface area (Å²) in [6.45, 7) is -0.567. The maximum atomic E-state index is 10.9. The fourth-order valence-corrected chi connectivity index (χ4v) is 5.36. The highest BCUT2D eigenvalue weighted by Crippen LogP contribution is 2.46. The number of methoxy groups -OCH3 is 1. The van der Waals surface area contributed by atoms with Gasteiger partial charge in [0.25, 0.3) is 0 Å². The third-order valence-electron chi connectivity index (χ3n) is 6.76. The van der Waals surface area contributed by atoms with Crippen LogP contribution in [0.5, 0.6) is 5.75 Å². The molecule has 1 aliphatic heterocycles. The zero-order chi connectivity index (χ0) is 24.9. The minimum Gasteiger partial charge on any atom is -0.497 e. The number of pyridine rings is 1. The van der Waals surface area contributed by atoms with Crippen molar-refractivity contribution in [2.24, 2.45) is 0 Å².